The molecule has 30 heavy (non-hydrogen) atoms. The average Bonchev–Trinajstić information content (AvgIpc) is 3.36. The van der Waals surface area contributed by atoms with Crippen molar-refractivity contribution >= 4 is 19.3 Å². The van der Waals surface area contributed by atoms with Gasteiger partial charge in [0.2, 0.25) is 0 Å². The molecule has 0 amide bonds. The number of hydrogen-bond donors (Lipinski definition) is 0. The van der Waals surface area contributed by atoms with Crippen LogP contribution in [0.1, 0.15) is 51.1 Å². The Morgan fingerprint density at radius 3 is 2.23 bits per heavy atom. The number of para-hydroxylation sites is 1. The van der Waals surface area contributed by atoms with E-state index in [9.17, 15) is 0 Å². The van der Waals surface area contributed by atoms with E-state index in [0.717, 1.165) is 9.17 Å². The number of benzene rings is 2. The summed E-state index contributed by atoms with van der Waals surface area (Å²) in [4.78, 5) is 0. The van der Waals surface area contributed by atoms with Gasteiger partial charge in [0, 0.05) is 22.6 Å². The summed E-state index contributed by atoms with van der Waals surface area (Å²) < 4.78 is 3.21. The van der Waals surface area contributed by atoms with Gasteiger partial charge in [-0.15, -0.1) is 0 Å². The van der Waals surface area contributed by atoms with Gasteiger partial charge in [-0.1, -0.05) is 42.1 Å². The van der Waals surface area contributed by atoms with Crippen molar-refractivity contribution in [3.05, 3.63) is 99.9 Å². The van der Waals surface area contributed by atoms with Gasteiger partial charge in [-0.05, 0) is 37.6 Å². The first-order valence-corrected chi connectivity index (χ1v) is 15.3. The zero-order valence-corrected chi connectivity index (χ0v) is 21.9. The summed E-state index contributed by atoms with van der Waals surface area (Å²) in [5.74, 6) is 0. The molecule has 0 fully saturated rings. The van der Waals surface area contributed by atoms with Crippen molar-refractivity contribution in [3.8, 4) is 5.69 Å². The molecule has 2 aromatic carbocycles. The van der Waals surface area contributed by atoms with Crippen LogP contribution in [0.3, 0.4) is 0 Å². The first-order chi connectivity index (χ1) is 14.3. The molecule has 2 aliphatic heterocycles. The van der Waals surface area contributed by atoms with Gasteiger partial charge >= 0.3 is 82.3 Å². The molecule has 2 aliphatic carbocycles. The van der Waals surface area contributed by atoms with Gasteiger partial charge in [0.1, 0.15) is 0 Å². The third-order valence-corrected chi connectivity index (χ3v) is 13.1. The summed E-state index contributed by atoms with van der Waals surface area (Å²) in [7, 11) is -1.19. The molecule has 7 rings (SSSR count). The van der Waals surface area contributed by atoms with Crippen LogP contribution in [0.15, 0.2) is 71.8 Å². The quantitative estimate of drug-likeness (QED) is 0.323. The first kappa shape index (κ1) is 20.2. The van der Waals surface area contributed by atoms with E-state index >= 15 is 0 Å². The first-order valence-electron chi connectivity index (χ1n) is 10.8. The summed E-state index contributed by atoms with van der Waals surface area (Å²) in [6, 6.07) is 21.9. The summed E-state index contributed by atoms with van der Waals surface area (Å²) in [6.45, 7) is 11.8. The number of nitrogens with zero attached hydrogens (tertiary/aromatic N) is 1. The SMILES string of the molecule is CC1=C2c3cc(C)n(-c4ccccc4)c3C1[Si]2(C)C.CC1=Cc2ccccc2[CH]1[Zr]. The summed E-state index contributed by atoms with van der Waals surface area (Å²) in [6.07, 6.45) is 2.30. The normalized spacial score (nSPS) is 21.9. The molecular formula is C27H28NSiZr. The molecule has 0 spiro atoms. The molecule has 3 heteroatoms. The van der Waals surface area contributed by atoms with Crippen LogP contribution in [-0.4, -0.2) is 12.6 Å². The number of aromatic nitrogens is 1. The number of hydrogen-bond acceptors (Lipinski definition) is 0. The fourth-order valence-corrected chi connectivity index (χ4v) is 11.1. The number of rotatable bonds is 1. The summed E-state index contributed by atoms with van der Waals surface area (Å²) in [5, 5.41) is 1.73. The molecule has 0 saturated heterocycles. The summed E-state index contributed by atoms with van der Waals surface area (Å²) >= 11 is 1.60. The molecule has 2 bridgehead atoms. The average molecular weight is 486 g/mol. The maximum absolute atomic E-state index is 2.52. The van der Waals surface area contributed by atoms with Crippen LogP contribution in [0.5, 0.6) is 0 Å². The molecule has 3 aromatic rings. The van der Waals surface area contributed by atoms with Crippen LogP contribution >= 0.6 is 0 Å². The molecule has 1 nitrogen and oxygen atoms in total. The Kier molecular flexibility index (Phi) is 4.84. The Labute approximate surface area is 196 Å². The second-order valence-corrected chi connectivity index (χ2v) is 15.4. The van der Waals surface area contributed by atoms with Gasteiger partial charge in [-0.25, -0.2) is 0 Å². The Hall–Kier alpha value is -1.70. The van der Waals surface area contributed by atoms with Crippen molar-refractivity contribution in [2.24, 2.45) is 0 Å². The van der Waals surface area contributed by atoms with Gasteiger partial charge < -0.3 is 4.57 Å². The van der Waals surface area contributed by atoms with Crippen LogP contribution in [0.4, 0.5) is 0 Å². The van der Waals surface area contributed by atoms with Gasteiger partial charge in [-0.2, -0.15) is 0 Å². The van der Waals surface area contributed by atoms with Gasteiger partial charge in [-0.3, -0.25) is 0 Å². The summed E-state index contributed by atoms with van der Waals surface area (Å²) in [5.41, 5.74) is 12.7. The molecule has 149 valence electrons. The van der Waals surface area contributed by atoms with Crippen molar-refractivity contribution < 1.29 is 24.7 Å². The Balaban J connectivity index is 0.000000149. The Morgan fingerprint density at radius 2 is 1.57 bits per heavy atom. The number of fused-ring (bicyclic) bond motifs is 1. The maximum atomic E-state index is 2.52. The topological polar surface area (TPSA) is 4.93 Å². The zero-order valence-electron chi connectivity index (χ0n) is 18.5. The molecule has 2 unspecified atom stereocenters. The fourth-order valence-electron chi connectivity index (χ4n) is 5.91. The number of aryl methyl sites for hydroxylation is 1. The Bertz CT molecular complexity index is 1210. The van der Waals surface area contributed by atoms with Gasteiger partial charge in [0.15, 0.2) is 0 Å². The molecule has 1 aromatic heterocycles. The van der Waals surface area contributed by atoms with Crippen LogP contribution in [0.2, 0.25) is 13.1 Å². The third kappa shape index (κ3) is 2.82. The van der Waals surface area contributed by atoms with Crippen molar-refractivity contribution in [1.29, 1.82) is 0 Å². The van der Waals surface area contributed by atoms with E-state index in [1.807, 2.05) is 0 Å². The fraction of sp³-hybridized carbons (Fsp3) is 0.259. The predicted octanol–water partition coefficient (Wildman–Crippen LogP) is 7.15. The van der Waals surface area contributed by atoms with E-state index < -0.39 is 8.07 Å². The molecule has 2 atom stereocenters. The van der Waals surface area contributed by atoms with Gasteiger partial charge in [0.25, 0.3) is 0 Å². The standard InChI is InChI=1S/C17H19NSi.C10H9.Zr/c1-11-10-14-15(17-12(2)16(14)19(17,3)4)18(11)13-8-6-5-7-9-13;1-8-6-9-4-2-3-5-10(9)7-8;/h5-10,17H,1-4H3;2-7H,1H3;. The zero-order chi connectivity index (χ0) is 21.2. The number of allylic oxidation sites excluding steroid dienone is 2. The molecular weight excluding hydrogens is 458 g/mol. The van der Waals surface area contributed by atoms with Gasteiger partial charge in [0.05, 0.1) is 8.07 Å². The third-order valence-electron chi connectivity index (χ3n) is 7.12. The van der Waals surface area contributed by atoms with Crippen LogP contribution in [0.25, 0.3) is 17.0 Å². The van der Waals surface area contributed by atoms with Crippen molar-refractivity contribution in [2.45, 2.75) is 43.0 Å². The van der Waals surface area contributed by atoms with E-state index in [4.69, 9.17) is 0 Å². The Morgan fingerprint density at radius 1 is 0.900 bits per heavy atom. The molecule has 4 aliphatic rings. The van der Waals surface area contributed by atoms with Crippen LogP contribution < -0.4 is 0 Å². The van der Waals surface area contributed by atoms with Crippen LogP contribution in [-0.2, 0) is 24.7 Å². The molecule has 3 heterocycles. The van der Waals surface area contributed by atoms with E-state index in [1.54, 1.807) is 46.7 Å². The van der Waals surface area contributed by atoms with E-state index in [-0.39, 0.29) is 0 Å². The minimum absolute atomic E-state index is 0.721. The molecule has 0 N–H and O–H groups in total. The second kappa shape index (κ2) is 7.18. The second-order valence-electron chi connectivity index (χ2n) is 9.42. The van der Waals surface area contributed by atoms with E-state index in [0.29, 0.717) is 0 Å². The molecule has 0 saturated carbocycles. The molecule has 0 radical (unpaired) electrons. The van der Waals surface area contributed by atoms with Crippen molar-refractivity contribution in [3.63, 3.8) is 0 Å². The van der Waals surface area contributed by atoms with Crippen LogP contribution in [0, 0.1) is 6.92 Å². The monoisotopic (exact) mass is 484 g/mol. The van der Waals surface area contributed by atoms with Crippen molar-refractivity contribution in [1.82, 2.24) is 4.57 Å². The predicted molar refractivity (Wildman–Crippen MR) is 126 cm³/mol. The van der Waals surface area contributed by atoms with Crippen molar-refractivity contribution in [2.75, 3.05) is 0 Å². The van der Waals surface area contributed by atoms with E-state index in [2.05, 4.69) is 105 Å². The minimum atomic E-state index is -1.19. The van der Waals surface area contributed by atoms with E-state index in [1.165, 1.54) is 28.1 Å².